The molecule has 1 aromatic rings. The van der Waals surface area contributed by atoms with Gasteiger partial charge in [0.1, 0.15) is 12.3 Å². The van der Waals surface area contributed by atoms with E-state index in [0.29, 0.717) is 12.0 Å². The molecule has 1 fully saturated rings. The average molecular weight is 241 g/mol. The van der Waals surface area contributed by atoms with Crippen molar-refractivity contribution in [1.82, 2.24) is 9.55 Å². The van der Waals surface area contributed by atoms with Gasteiger partial charge in [-0.15, -0.1) is 0 Å². The molecule has 0 saturated carbocycles. The lowest BCUT2D eigenvalue weighted by Gasteiger charge is -2.17. The van der Waals surface area contributed by atoms with Crippen molar-refractivity contribution in [1.29, 1.82) is 0 Å². The molecule has 2 rings (SSSR count). The monoisotopic (exact) mass is 241 g/mol. The van der Waals surface area contributed by atoms with Crippen molar-refractivity contribution in [2.24, 2.45) is 0 Å². The van der Waals surface area contributed by atoms with Crippen LogP contribution in [0.1, 0.15) is 18.2 Å². The highest BCUT2D eigenvalue weighted by molar-refractivity contribution is 5.21. The Labute approximate surface area is 97.5 Å². The summed E-state index contributed by atoms with van der Waals surface area (Å²) < 4.78 is 6.92. The van der Waals surface area contributed by atoms with Gasteiger partial charge in [-0.05, 0) is 6.92 Å². The highest BCUT2D eigenvalue weighted by Gasteiger charge is 2.34. The molecule has 17 heavy (non-hydrogen) atoms. The van der Waals surface area contributed by atoms with Crippen LogP contribution in [-0.4, -0.2) is 38.6 Å². The summed E-state index contributed by atoms with van der Waals surface area (Å²) in [5.74, 6) is 0.0383. The van der Waals surface area contributed by atoms with E-state index in [1.165, 1.54) is 4.57 Å². The third-order valence-corrected chi connectivity index (χ3v) is 2.85. The minimum atomic E-state index is -0.746. The Hall–Kier alpha value is -1.44. The maximum atomic E-state index is 11.3. The topological polar surface area (TPSA) is 111 Å². The number of nitrogens with zero attached hydrogens (tertiary/aromatic N) is 2. The maximum Gasteiger partial charge on any atom is 0.277 e. The van der Waals surface area contributed by atoms with E-state index in [-0.39, 0.29) is 18.1 Å². The first-order valence-electron chi connectivity index (χ1n) is 5.32. The molecule has 1 aliphatic rings. The molecule has 0 aromatic carbocycles. The minimum absolute atomic E-state index is 0.0383. The van der Waals surface area contributed by atoms with E-state index in [9.17, 15) is 9.90 Å². The lowest BCUT2D eigenvalue weighted by atomic mass is 10.2. The summed E-state index contributed by atoms with van der Waals surface area (Å²) in [5, 5.41) is 18.6. The molecule has 2 heterocycles. The van der Waals surface area contributed by atoms with Crippen LogP contribution in [0.25, 0.3) is 0 Å². The molecular weight excluding hydrogens is 226 g/mol. The molecular formula is C10H15N3O4. The number of aliphatic hydroxyl groups excluding tert-OH is 2. The van der Waals surface area contributed by atoms with Gasteiger partial charge in [0.25, 0.3) is 5.56 Å². The Balaban J connectivity index is 2.30. The molecule has 0 radical (unpaired) electrons. The van der Waals surface area contributed by atoms with Crippen LogP contribution in [0.5, 0.6) is 0 Å². The molecule has 94 valence electrons. The predicted octanol–water partition coefficient (Wildman–Crippen LogP) is -1.23. The van der Waals surface area contributed by atoms with Gasteiger partial charge >= 0.3 is 0 Å². The van der Waals surface area contributed by atoms with Crippen molar-refractivity contribution in [2.45, 2.75) is 31.8 Å². The van der Waals surface area contributed by atoms with E-state index in [4.69, 9.17) is 15.6 Å². The van der Waals surface area contributed by atoms with Crippen molar-refractivity contribution >= 4 is 5.95 Å². The highest BCUT2D eigenvalue weighted by Crippen LogP contribution is 2.29. The zero-order chi connectivity index (χ0) is 12.6. The smallest absolute Gasteiger partial charge is 0.277 e. The second kappa shape index (κ2) is 4.44. The first-order chi connectivity index (χ1) is 8.02. The molecule has 0 amide bonds. The summed E-state index contributed by atoms with van der Waals surface area (Å²) in [7, 11) is 0. The van der Waals surface area contributed by atoms with E-state index < -0.39 is 18.4 Å². The van der Waals surface area contributed by atoms with E-state index in [0.717, 1.165) is 0 Å². The fourth-order valence-electron chi connectivity index (χ4n) is 1.86. The van der Waals surface area contributed by atoms with Gasteiger partial charge in [0.05, 0.1) is 12.7 Å². The molecule has 0 aliphatic carbocycles. The number of rotatable bonds is 2. The van der Waals surface area contributed by atoms with Crippen LogP contribution < -0.4 is 11.3 Å². The minimum Gasteiger partial charge on any atom is -0.394 e. The molecule has 1 saturated heterocycles. The van der Waals surface area contributed by atoms with Crippen LogP contribution >= 0.6 is 0 Å². The Morgan fingerprint density at radius 2 is 2.41 bits per heavy atom. The number of aromatic nitrogens is 2. The summed E-state index contributed by atoms with van der Waals surface area (Å²) >= 11 is 0. The van der Waals surface area contributed by atoms with Crippen molar-refractivity contribution in [2.75, 3.05) is 12.3 Å². The Kier molecular flexibility index (Phi) is 3.14. The maximum absolute atomic E-state index is 11.3. The quantitative estimate of drug-likeness (QED) is 0.598. The van der Waals surface area contributed by atoms with Gasteiger partial charge in [-0.1, -0.05) is 0 Å². The van der Waals surface area contributed by atoms with Gasteiger partial charge < -0.3 is 20.7 Å². The van der Waals surface area contributed by atoms with E-state index in [1.54, 1.807) is 13.1 Å². The largest absolute Gasteiger partial charge is 0.394 e. The van der Waals surface area contributed by atoms with Crippen LogP contribution in [0.4, 0.5) is 5.95 Å². The van der Waals surface area contributed by atoms with Crippen LogP contribution in [0.2, 0.25) is 0 Å². The van der Waals surface area contributed by atoms with E-state index in [2.05, 4.69) is 4.98 Å². The molecule has 7 heteroatoms. The summed E-state index contributed by atoms with van der Waals surface area (Å²) in [6.07, 6.45) is -0.0291. The molecule has 0 bridgehead atoms. The standard InChI is InChI=1S/C10H15N3O4/c1-5-3-13(10(11)12-9(5)16)8-2-6(15)7(4-14)17-8/h3,6-8,14-15H,2,4H2,1H3,(H2,11,12,16)/t6-,7+,8+/m1/s1. The van der Waals surface area contributed by atoms with Crippen molar-refractivity contribution < 1.29 is 14.9 Å². The van der Waals surface area contributed by atoms with Crippen molar-refractivity contribution in [3.8, 4) is 0 Å². The molecule has 1 aliphatic heterocycles. The van der Waals surface area contributed by atoms with Crippen LogP contribution in [0.3, 0.4) is 0 Å². The van der Waals surface area contributed by atoms with Crippen molar-refractivity contribution in [3.05, 3.63) is 22.1 Å². The number of aliphatic hydroxyl groups is 2. The Bertz CT molecular complexity index is 473. The number of aryl methyl sites for hydroxylation is 1. The third kappa shape index (κ3) is 2.17. The van der Waals surface area contributed by atoms with Gasteiger partial charge in [0.15, 0.2) is 0 Å². The summed E-state index contributed by atoms with van der Waals surface area (Å²) in [6, 6.07) is 0. The van der Waals surface area contributed by atoms with Gasteiger partial charge in [-0.2, -0.15) is 4.98 Å². The number of nitrogen functional groups attached to an aromatic ring is 1. The normalized spacial score (nSPS) is 28.5. The molecule has 0 unspecified atom stereocenters. The molecule has 4 N–H and O–H groups in total. The fraction of sp³-hybridized carbons (Fsp3) is 0.600. The van der Waals surface area contributed by atoms with Gasteiger partial charge in [-0.3, -0.25) is 9.36 Å². The summed E-state index contributed by atoms with van der Waals surface area (Å²) in [6.45, 7) is 1.37. The molecule has 0 spiro atoms. The first-order valence-corrected chi connectivity index (χ1v) is 5.32. The SMILES string of the molecule is Cc1cn([C@@H]2C[C@@H](O)[C@H](CO)O2)c(N)nc1=O. The van der Waals surface area contributed by atoms with Crippen LogP contribution in [0.15, 0.2) is 11.0 Å². The molecule has 1 aromatic heterocycles. The summed E-state index contributed by atoms with van der Waals surface area (Å²) in [4.78, 5) is 14.9. The van der Waals surface area contributed by atoms with Crippen LogP contribution in [0, 0.1) is 6.92 Å². The van der Waals surface area contributed by atoms with E-state index >= 15 is 0 Å². The second-order valence-corrected chi connectivity index (χ2v) is 4.11. The van der Waals surface area contributed by atoms with Crippen molar-refractivity contribution in [3.63, 3.8) is 0 Å². The number of anilines is 1. The van der Waals surface area contributed by atoms with Gasteiger partial charge in [-0.25, -0.2) is 0 Å². The van der Waals surface area contributed by atoms with Crippen LogP contribution in [-0.2, 0) is 4.74 Å². The fourth-order valence-corrected chi connectivity index (χ4v) is 1.86. The Morgan fingerprint density at radius 3 is 3.00 bits per heavy atom. The predicted molar refractivity (Wildman–Crippen MR) is 59.3 cm³/mol. The third-order valence-electron chi connectivity index (χ3n) is 2.85. The van der Waals surface area contributed by atoms with E-state index in [1.807, 2.05) is 0 Å². The Morgan fingerprint density at radius 1 is 1.71 bits per heavy atom. The zero-order valence-electron chi connectivity index (χ0n) is 9.41. The highest BCUT2D eigenvalue weighted by atomic mass is 16.5. The average Bonchev–Trinajstić information content (AvgIpc) is 2.65. The molecule has 7 nitrogen and oxygen atoms in total. The zero-order valence-corrected chi connectivity index (χ0v) is 9.41. The number of hydrogen-bond donors (Lipinski definition) is 3. The number of nitrogens with two attached hydrogens (primary N) is 1. The second-order valence-electron chi connectivity index (χ2n) is 4.11. The number of hydrogen-bond acceptors (Lipinski definition) is 6. The lowest BCUT2D eigenvalue weighted by molar-refractivity contribution is -0.0440. The summed E-state index contributed by atoms with van der Waals surface area (Å²) in [5.41, 5.74) is 5.70. The number of ether oxygens (including phenoxy) is 1. The lowest BCUT2D eigenvalue weighted by Crippen LogP contribution is -2.25. The molecule has 3 atom stereocenters. The first kappa shape index (κ1) is 12.0. The van der Waals surface area contributed by atoms with Gasteiger partial charge in [0, 0.05) is 18.2 Å². The van der Waals surface area contributed by atoms with Gasteiger partial charge in [0.2, 0.25) is 5.95 Å².